The molecule has 0 spiro atoms. The van der Waals surface area contributed by atoms with Crippen LogP contribution in [0.1, 0.15) is 27.5 Å². The van der Waals surface area contributed by atoms with Crippen LogP contribution in [-0.4, -0.2) is 12.3 Å². The zero-order valence-corrected chi connectivity index (χ0v) is 14.3. The summed E-state index contributed by atoms with van der Waals surface area (Å²) in [5.41, 5.74) is 4.19. The minimum Gasteiger partial charge on any atom is -0.283 e. The molecule has 0 saturated carbocycles. The molecule has 1 nitrogen and oxygen atoms in total. The molecule has 1 aliphatic heterocycles. The smallest absolute Gasteiger partial charge is 0.0793 e. The largest absolute Gasteiger partial charge is 0.283 e. The summed E-state index contributed by atoms with van der Waals surface area (Å²) < 4.78 is 1.39. The molecule has 2 heteroatoms. The molecule has 118 valence electrons. The van der Waals surface area contributed by atoms with Gasteiger partial charge >= 0.3 is 0 Å². The van der Waals surface area contributed by atoms with Crippen LogP contribution in [0.4, 0.5) is 0 Å². The summed E-state index contributed by atoms with van der Waals surface area (Å²) in [4.78, 5) is 6.18. The number of rotatable bonds is 0. The van der Waals surface area contributed by atoms with E-state index in [9.17, 15) is 0 Å². The van der Waals surface area contributed by atoms with E-state index in [-0.39, 0.29) is 6.04 Å². The maximum absolute atomic E-state index is 4.87. The van der Waals surface area contributed by atoms with E-state index in [2.05, 4.69) is 79.0 Å². The highest BCUT2D eigenvalue weighted by Crippen LogP contribution is 2.47. The molecule has 0 radical (unpaired) electrons. The maximum atomic E-state index is 4.87. The summed E-state index contributed by atoms with van der Waals surface area (Å²) >= 11 is 1.89. The predicted molar refractivity (Wildman–Crippen MR) is 108 cm³/mol. The summed E-state index contributed by atoms with van der Waals surface area (Å²) in [6.45, 7) is 0. The van der Waals surface area contributed by atoms with Gasteiger partial charge in [-0.3, -0.25) is 4.99 Å². The molecule has 1 aromatic heterocycles. The van der Waals surface area contributed by atoms with Crippen LogP contribution >= 0.6 is 11.3 Å². The molecule has 2 atom stereocenters. The van der Waals surface area contributed by atoms with Gasteiger partial charge in [-0.15, -0.1) is 11.3 Å². The van der Waals surface area contributed by atoms with Gasteiger partial charge in [-0.2, -0.15) is 0 Å². The molecule has 2 heterocycles. The second-order valence-electron chi connectivity index (χ2n) is 6.78. The van der Waals surface area contributed by atoms with Gasteiger partial charge in [0.1, 0.15) is 0 Å². The van der Waals surface area contributed by atoms with Crippen molar-refractivity contribution in [2.24, 2.45) is 4.99 Å². The molecule has 0 saturated heterocycles. The van der Waals surface area contributed by atoms with Gasteiger partial charge in [0.25, 0.3) is 0 Å². The van der Waals surface area contributed by atoms with Crippen LogP contribution in [0.15, 0.2) is 71.7 Å². The van der Waals surface area contributed by atoms with Gasteiger partial charge in [-0.1, -0.05) is 72.8 Å². The van der Waals surface area contributed by atoms with Gasteiger partial charge in [-0.05, 0) is 32.8 Å². The van der Waals surface area contributed by atoms with E-state index in [1.807, 2.05) is 11.3 Å². The second kappa shape index (κ2) is 4.90. The zero-order chi connectivity index (χ0) is 16.4. The summed E-state index contributed by atoms with van der Waals surface area (Å²) in [7, 11) is 0. The monoisotopic (exact) mass is 337 g/mol. The Hall–Kier alpha value is -2.71. The van der Waals surface area contributed by atoms with Crippen molar-refractivity contribution in [2.45, 2.75) is 12.0 Å². The van der Waals surface area contributed by atoms with Crippen molar-refractivity contribution in [3.8, 4) is 0 Å². The predicted octanol–water partition coefficient (Wildman–Crippen LogP) is 6.01. The fraction of sp³-hybridized carbons (Fsp3) is 0.0870. The van der Waals surface area contributed by atoms with Gasteiger partial charge in [0.15, 0.2) is 0 Å². The van der Waals surface area contributed by atoms with Crippen molar-refractivity contribution in [3.05, 3.63) is 88.3 Å². The van der Waals surface area contributed by atoms with Gasteiger partial charge < -0.3 is 0 Å². The Labute approximate surface area is 150 Å². The molecule has 1 aliphatic carbocycles. The van der Waals surface area contributed by atoms with E-state index < -0.39 is 0 Å². The standard InChI is InChI=1S/C23H15NS/c1-3-7-16-14(5-1)10-12-19-21(16)22-18-11-9-15-6-2-4-8-17(15)23(18)25-20(22)13-24-19/h1-13,19,21H. The van der Waals surface area contributed by atoms with Crippen LogP contribution < -0.4 is 0 Å². The van der Waals surface area contributed by atoms with E-state index in [1.54, 1.807) is 0 Å². The first-order chi connectivity index (χ1) is 12.4. The minimum absolute atomic E-state index is 0.215. The van der Waals surface area contributed by atoms with Crippen molar-refractivity contribution < 1.29 is 0 Å². The van der Waals surface area contributed by atoms with Crippen molar-refractivity contribution >= 4 is 44.5 Å². The van der Waals surface area contributed by atoms with E-state index in [4.69, 9.17) is 4.99 Å². The number of benzene rings is 3. The quantitative estimate of drug-likeness (QED) is 0.372. The van der Waals surface area contributed by atoms with Gasteiger partial charge in [0, 0.05) is 16.8 Å². The van der Waals surface area contributed by atoms with Gasteiger partial charge in [0.05, 0.1) is 10.9 Å². The molecule has 2 unspecified atom stereocenters. The van der Waals surface area contributed by atoms with Crippen LogP contribution in [-0.2, 0) is 0 Å². The molecule has 0 amide bonds. The van der Waals surface area contributed by atoms with Crippen molar-refractivity contribution in [2.75, 3.05) is 0 Å². The first-order valence-electron chi connectivity index (χ1n) is 8.64. The number of aliphatic imine (C=N–C) groups is 1. The fourth-order valence-corrected chi connectivity index (χ4v) is 5.60. The first kappa shape index (κ1) is 13.6. The maximum Gasteiger partial charge on any atom is 0.0793 e. The van der Waals surface area contributed by atoms with Crippen LogP contribution in [0.5, 0.6) is 0 Å². The molecule has 6 rings (SSSR count). The summed E-state index contributed by atoms with van der Waals surface area (Å²) in [6, 6.07) is 22.2. The highest BCUT2D eigenvalue weighted by Gasteiger charge is 2.33. The molecule has 3 aromatic carbocycles. The lowest BCUT2D eigenvalue weighted by Crippen LogP contribution is -2.23. The highest BCUT2D eigenvalue weighted by atomic mass is 32.1. The van der Waals surface area contributed by atoms with Gasteiger partial charge in [0.2, 0.25) is 0 Å². The van der Waals surface area contributed by atoms with E-state index >= 15 is 0 Å². The van der Waals surface area contributed by atoms with Crippen LogP contribution in [0.3, 0.4) is 0 Å². The molecule has 4 aromatic rings. The fourth-order valence-electron chi connectivity index (χ4n) is 4.34. The molecule has 0 bridgehead atoms. The third kappa shape index (κ3) is 1.80. The lowest BCUT2D eigenvalue weighted by Gasteiger charge is -2.30. The van der Waals surface area contributed by atoms with Crippen molar-refractivity contribution in [1.82, 2.24) is 0 Å². The minimum atomic E-state index is 0.215. The summed E-state index contributed by atoms with van der Waals surface area (Å²) in [6.07, 6.45) is 6.58. The zero-order valence-electron chi connectivity index (χ0n) is 13.5. The van der Waals surface area contributed by atoms with Crippen molar-refractivity contribution in [1.29, 1.82) is 0 Å². The molecule has 25 heavy (non-hydrogen) atoms. The Kier molecular flexibility index (Phi) is 2.66. The molecule has 0 N–H and O–H groups in total. The Morgan fingerprint density at radius 2 is 1.72 bits per heavy atom. The molecule has 0 fully saturated rings. The highest BCUT2D eigenvalue weighted by molar-refractivity contribution is 7.21. The Bertz CT molecular complexity index is 1210. The topological polar surface area (TPSA) is 12.4 Å². The number of thiophene rings is 1. The Balaban J connectivity index is 1.71. The van der Waals surface area contributed by atoms with Crippen LogP contribution in [0.2, 0.25) is 0 Å². The number of fused-ring (bicyclic) bond motifs is 9. The van der Waals surface area contributed by atoms with Gasteiger partial charge in [-0.25, -0.2) is 0 Å². The average Bonchev–Trinajstić information content (AvgIpc) is 3.07. The lowest BCUT2D eigenvalue weighted by molar-refractivity contribution is 0.694. The summed E-state index contributed by atoms with van der Waals surface area (Å²) in [5, 5.41) is 4.06. The van der Waals surface area contributed by atoms with E-state index in [1.165, 1.54) is 42.4 Å². The van der Waals surface area contributed by atoms with Crippen LogP contribution in [0.25, 0.3) is 26.9 Å². The second-order valence-corrected chi connectivity index (χ2v) is 7.83. The normalized spacial score (nSPS) is 20.5. The number of hydrogen-bond acceptors (Lipinski definition) is 2. The number of nitrogens with zero attached hydrogens (tertiary/aromatic N) is 1. The van der Waals surface area contributed by atoms with E-state index in [0.717, 1.165) is 0 Å². The SMILES string of the molecule is C1=CC2N=Cc3sc4c(ccc5ccccc54)c3C2c2ccccc21. The lowest BCUT2D eigenvalue weighted by atomic mass is 9.77. The third-order valence-corrected chi connectivity index (χ3v) is 6.66. The molecular formula is C23H15NS. The summed E-state index contributed by atoms with van der Waals surface area (Å²) in [5.74, 6) is 0.330. The first-order valence-corrected chi connectivity index (χ1v) is 9.46. The molecule has 2 aliphatic rings. The Morgan fingerprint density at radius 1 is 0.840 bits per heavy atom. The van der Waals surface area contributed by atoms with Crippen LogP contribution in [0, 0.1) is 0 Å². The molecular weight excluding hydrogens is 322 g/mol. The van der Waals surface area contributed by atoms with E-state index in [0.29, 0.717) is 5.92 Å². The number of hydrogen-bond donors (Lipinski definition) is 0. The third-order valence-electron chi connectivity index (χ3n) is 5.47. The Morgan fingerprint density at radius 3 is 2.72 bits per heavy atom. The average molecular weight is 337 g/mol. The van der Waals surface area contributed by atoms with Crippen molar-refractivity contribution in [3.63, 3.8) is 0 Å².